The molecule has 27 heavy (non-hydrogen) atoms. The van der Waals surface area contributed by atoms with Crippen LogP contribution in [0.15, 0.2) is 102 Å². The molecule has 1 N–H and O–H groups in total. The third-order valence-corrected chi connectivity index (χ3v) is 4.41. The topological polar surface area (TPSA) is 41.5 Å². The predicted molar refractivity (Wildman–Crippen MR) is 111 cm³/mol. The van der Waals surface area contributed by atoms with Crippen LogP contribution in [-0.4, -0.2) is 12.1 Å². The molecule has 0 saturated heterocycles. The molecule has 1 amide bonds. The summed E-state index contributed by atoms with van der Waals surface area (Å²) >= 11 is 0. The highest BCUT2D eigenvalue weighted by Gasteiger charge is 2.04. The number of carbonyl (C=O) groups is 1. The number of nitrogens with one attached hydrogen (secondary N) is 1. The molecule has 4 aromatic carbocycles. The van der Waals surface area contributed by atoms with E-state index >= 15 is 0 Å². The van der Waals surface area contributed by atoms with Crippen LogP contribution in [0.1, 0.15) is 15.9 Å². The molecular formula is C24H18N2O. The minimum Gasteiger partial charge on any atom is -0.267 e. The smallest absolute Gasteiger partial charge is 0.267 e. The van der Waals surface area contributed by atoms with Gasteiger partial charge in [0.2, 0.25) is 0 Å². The number of fused-ring (bicyclic) bond motifs is 1. The van der Waals surface area contributed by atoms with E-state index in [2.05, 4.69) is 22.7 Å². The van der Waals surface area contributed by atoms with Crippen LogP contribution >= 0.6 is 0 Å². The van der Waals surface area contributed by atoms with Gasteiger partial charge in [0.1, 0.15) is 0 Å². The van der Waals surface area contributed by atoms with Gasteiger partial charge in [-0.25, -0.2) is 5.43 Å². The summed E-state index contributed by atoms with van der Waals surface area (Å²) in [5.41, 5.74) is 6.30. The molecule has 0 atom stereocenters. The molecule has 0 unspecified atom stereocenters. The van der Waals surface area contributed by atoms with Crippen molar-refractivity contribution in [2.75, 3.05) is 0 Å². The van der Waals surface area contributed by atoms with Crippen molar-refractivity contribution in [3.8, 4) is 11.1 Å². The monoisotopic (exact) mass is 350 g/mol. The second-order valence-electron chi connectivity index (χ2n) is 6.25. The fourth-order valence-electron chi connectivity index (χ4n) is 2.96. The molecule has 0 fully saturated rings. The van der Waals surface area contributed by atoms with Gasteiger partial charge in [-0.05, 0) is 45.7 Å². The van der Waals surface area contributed by atoms with Crippen LogP contribution in [-0.2, 0) is 0 Å². The molecule has 0 aliphatic carbocycles. The number of nitrogens with zero attached hydrogens (tertiary/aromatic N) is 1. The second kappa shape index (κ2) is 7.67. The molecule has 0 aliphatic rings. The van der Waals surface area contributed by atoms with Gasteiger partial charge in [0.15, 0.2) is 0 Å². The Kier molecular flexibility index (Phi) is 4.75. The van der Waals surface area contributed by atoms with Crippen LogP contribution in [0.2, 0.25) is 0 Å². The van der Waals surface area contributed by atoms with Gasteiger partial charge >= 0.3 is 0 Å². The highest BCUT2D eigenvalue weighted by molar-refractivity contribution is 5.96. The number of benzene rings is 4. The SMILES string of the molecule is O=C(N/N=C\c1ccc2ccccc2c1)c1ccc(-c2ccccc2)cc1. The zero-order chi connectivity index (χ0) is 18.5. The molecule has 0 spiro atoms. The Morgan fingerprint density at radius 1 is 0.704 bits per heavy atom. The Morgan fingerprint density at radius 2 is 1.37 bits per heavy atom. The average molecular weight is 350 g/mol. The Balaban J connectivity index is 1.43. The fourth-order valence-corrected chi connectivity index (χ4v) is 2.96. The number of hydrogen-bond acceptors (Lipinski definition) is 2. The van der Waals surface area contributed by atoms with Crippen molar-refractivity contribution in [2.24, 2.45) is 5.10 Å². The lowest BCUT2D eigenvalue weighted by Crippen LogP contribution is -2.17. The molecule has 0 saturated carbocycles. The molecule has 0 radical (unpaired) electrons. The number of hydrazone groups is 1. The summed E-state index contributed by atoms with van der Waals surface area (Å²) in [6, 6.07) is 31.8. The summed E-state index contributed by atoms with van der Waals surface area (Å²) in [4.78, 5) is 12.3. The maximum atomic E-state index is 12.3. The van der Waals surface area contributed by atoms with E-state index < -0.39 is 0 Å². The summed E-state index contributed by atoms with van der Waals surface area (Å²) in [5.74, 6) is -0.230. The van der Waals surface area contributed by atoms with Crippen LogP contribution in [0.5, 0.6) is 0 Å². The van der Waals surface area contributed by atoms with E-state index in [0.717, 1.165) is 22.1 Å². The van der Waals surface area contributed by atoms with Crippen molar-refractivity contribution in [1.29, 1.82) is 0 Å². The third-order valence-electron chi connectivity index (χ3n) is 4.41. The summed E-state index contributed by atoms with van der Waals surface area (Å²) in [7, 11) is 0. The number of amides is 1. The van der Waals surface area contributed by atoms with Crippen LogP contribution in [0.3, 0.4) is 0 Å². The minimum atomic E-state index is -0.230. The van der Waals surface area contributed by atoms with Gasteiger partial charge in [-0.2, -0.15) is 5.10 Å². The Morgan fingerprint density at radius 3 is 2.15 bits per heavy atom. The highest BCUT2D eigenvalue weighted by Crippen LogP contribution is 2.19. The predicted octanol–water partition coefficient (Wildman–Crippen LogP) is 5.27. The normalized spacial score (nSPS) is 11.0. The van der Waals surface area contributed by atoms with Crippen molar-refractivity contribution in [3.05, 3.63) is 108 Å². The van der Waals surface area contributed by atoms with Gasteiger partial charge in [0.25, 0.3) is 5.91 Å². The summed E-state index contributed by atoms with van der Waals surface area (Å²) in [6.07, 6.45) is 1.66. The number of hydrogen-bond donors (Lipinski definition) is 1. The maximum absolute atomic E-state index is 12.3. The standard InChI is InChI=1S/C24H18N2O/c27-24(22-14-12-21(13-15-22)19-6-2-1-3-7-19)26-25-17-18-10-11-20-8-4-5-9-23(20)16-18/h1-17H,(H,26,27)/b25-17-. The van der Waals surface area contributed by atoms with Crippen LogP contribution in [0, 0.1) is 0 Å². The van der Waals surface area contributed by atoms with Crippen molar-refractivity contribution >= 4 is 22.9 Å². The first kappa shape index (κ1) is 16.7. The zero-order valence-corrected chi connectivity index (χ0v) is 14.7. The highest BCUT2D eigenvalue weighted by atomic mass is 16.2. The zero-order valence-electron chi connectivity index (χ0n) is 14.7. The van der Waals surface area contributed by atoms with E-state index in [4.69, 9.17) is 0 Å². The Hall–Kier alpha value is -3.72. The molecule has 0 bridgehead atoms. The van der Waals surface area contributed by atoms with E-state index in [1.54, 1.807) is 6.21 Å². The van der Waals surface area contributed by atoms with Crippen molar-refractivity contribution in [3.63, 3.8) is 0 Å². The molecule has 4 rings (SSSR count). The molecular weight excluding hydrogens is 332 g/mol. The Bertz CT molecular complexity index is 1100. The number of rotatable bonds is 4. The van der Waals surface area contributed by atoms with Gasteiger partial charge in [0, 0.05) is 5.56 Å². The van der Waals surface area contributed by atoms with Crippen molar-refractivity contribution in [1.82, 2.24) is 5.43 Å². The van der Waals surface area contributed by atoms with Crippen LogP contribution in [0.4, 0.5) is 0 Å². The molecule has 0 aromatic heterocycles. The van der Waals surface area contributed by atoms with Gasteiger partial charge in [-0.3, -0.25) is 4.79 Å². The van der Waals surface area contributed by atoms with Crippen LogP contribution < -0.4 is 5.43 Å². The third kappa shape index (κ3) is 3.93. The van der Waals surface area contributed by atoms with Crippen molar-refractivity contribution < 1.29 is 4.79 Å². The molecule has 3 heteroatoms. The van der Waals surface area contributed by atoms with E-state index in [0.29, 0.717) is 5.56 Å². The Labute approximate surface area is 158 Å². The minimum absolute atomic E-state index is 0.230. The quantitative estimate of drug-likeness (QED) is 0.395. The molecule has 0 heterocycles. The van der Waals surface area contributed by atoms with Crippen molar-refractivity contribution in [2.45, 2.75) is 0 Å². The summed E-state index contributed by atoms with van der Waals surface area (Å²) < 4.78 is 0. The fraction of sp³-hybridized carbons (Fsp3) is 0. The van der Waals surface area contributed by atoms with Gasteiger partial charge < -0.3 is 0 Å². The summed E-state index contributed by atoms with van der Waals surface area (Å²) in [5, 5.41) is 6.40. The summed E-state index contributed by atoms with van der Waals surface area (Å²) in [6.45, 7) is 0. The van der Waals surface area contributed by atoms with E-state index in [1.807, 2.05) is 84.9 Å². The first-order chi connectivity index (χ1) is 13.3. The molecule has 130 valence electrons. The van der Waals surface area contributed by atoms with Crippen LogP contribution in [0.25, 0.3) is 21.9 Å². The maximum Gasteiger partial charge on any atom is 0.271 e. The van der Waals surface area contributed by atoms with Gasteiger partial charge in [-0.1, -0.05) is 78.9 Å². The second-order valence-corrected chi connectivity index (χ2v) is 6.25. The van der Waals surface area contributed by atoms with E-state index in [1.165, 1.54) is 5.39 Å². The molecule has 4 aromatic rings. The molecule has 3 nitrogen and oxygen atoms in total. The largest absolute Gasteiger partial charge is 0.271 e. The van der Waals surface area contributed by atoms with Gasteiger partial charge in [-0.15, -0.1) is 0 Å². The first-order valence-electron chi connectivity index (χ1n) is 8.77. The molecule has 0 aliphatic heterocycles. The van der Waals surface area contributed by atoms with E-state index in [9.17, 15) is 4.79 Å². The average Bonchev–Trinajstić information content (AvgIpc) is 2.74. The first-order valence-corrected chi connectivity index (χ1v) is 8.77. The van der Waals surface area contributed by atoms with E-state index in [-0.39, 0.29) is 5.91 Å². The lowest BCUT2D eigenvalue weighted by atomic mass is 10.0. The lowest BCUT2D eigenvalue weighted by Gasteiger charge is -2.04. The van der Waals surface area contributed by atoms with Gasteiger partial charge in [0.05, 0.1) is 6.21 Å². The number of carbonyl (C=O) groups excluding carboxylic acids is 1. The lowest BCUT2D eigenvalue weighted by molar-refractivity contribution is 0.0955.